The fraction of sp³-hybridized carbons (Fsp3) is 0.818. The average Bonchev–Trinajstić information content (AvgIpc) is 3.46. The van der Waals surface area contributed by atoms with E-state index >= 15 is 0 Å². The number of piperazine rings is 1. The van der Waals surface area contributed by atoms with Crippen LogP contribution < -0.4 is 4.90 Å². The highest BCUT2D eigenvalue weighted by atomic mass is 16.3. The summed E-state index contributed by atoms with van der Waals surface area (Å²) in [5, 5.41) is 14.7. The van der Waals surface area contributed by atoms with Gasteiger partial charge in [-0.15, -0.1) is 0 Å². The molecule has 0 spiro atoms. The van der Waals surface area contributed by atoms with Crippen molar-refractivity contribution in [1.29, 1.82) is 0 Å². The van der Waals surface area contributed by atoms with Crippen LogP contribution in [0.1, 0.15) is 90.7 Å². The molecule has 4 aliphatic carbocycles. The number of aryl methyl sites for hydroxylation is 1. The predicted molar refractivity (Wildman–Crippen MR) is 156 cm³/mol. The Morgan fingerprint density at radius 2 is 1.87 bits per heavy atom. The SMILES string of the molecule is Cc1c(N2CCN(C(=O)CCC(C)[C@H]3CC[C@H]4[C@@H]5CC=C6C[C@@H](O)CC[C@]6(C)[C@H]5CC[C@]34C)CC2)cnn1C. The maximum atomic E-state index is 13.2. The van der Waals surface area contributed by atoms with Crippen molar-refractivity contribution in [1.82, 2.24) is 14.7 Å². The number of nitrogens with zero attached hydrogens (tertiary/aromatic N) is 4. The van der Waals surface area contributed by atoms with E-state index in [1.165, 1.54) is 49.9 Å². The molecule has 0 aromatic carbocycles. The molecular formula is C33H52N4O2. The van der Waals surface area contributed by atoms with Crippen molar-refractivity contribution < 1.29 is 9.90 Å². The standard InChI is InChI=1S/C33H52N4O2/c1-22(6-11-31(39)37-18-16-36(17-19-37)30-21-34-35(5)23(30)2)27-9-10-28-26-8-7-24-20-25(38)12-14-32(24,3)29(26)13-15-33(27,28)4/h7,21-22,25-29,38H,6,8-20H2,1-5H3/t22?,25-,26-,27+,28-,29-,32-,33+/m0/s1. The van der Waals surface area contributed by atoms with Crippen LogP contribution in [-0.2, 0) is 11.8 Å². The first-order valence-corrected chi connectivity index (χ1v) is 16.0. The lowest BCUT2D eigenvalue weighted by atomic mass is 9.47. The first-order valence-electron chi connectivity index (χ1n) is 16.0. The van der Waals surface area contributed by atoms with Gasteiger partial charge in [-0.05, 0) is 105 Å². The molecule has 1 N–H and O–H groups in total. The second kappa shape index (κ2) is 10.2. The molecule has 6 rings (SSSR count). The van der Waals surface area contributed by atoms with E-state index in [1.807, 2.05) is 17.9 Å². The molecule has 0 radical (unpaired) electrons. The van der Waals surface area contributed by atoms with E-state index in [0.717, 1.165) is 69.1 Å². The summed E-state index contributed by atoms with van der Waals surface area (Å²) in [4.78, 5) is 17.7. The van der Waals surface area contributed by atoms with Crippen molar-refractivity contribution in [2.75, 3.05) is 31.1 Å². The van der Waals surface area contributed by atoms with E-state index in [1.54, 1.807) is 5.57 Å². The van der Waals surface area contributed by atoms with Crippen molar-refractivity contribution in [3.63, 3.8) is 0 Å². The number of carbonyl (C=O) groups excluding carboxylic acids is 1. The van der Waals surface area contributed by atoms with Gasteiger partial charge in [0, 0.05) is 39.6 Å². The number of amides is 1. The number of fused-ring (bicyclic) bond motifs is 5. The lowest BCUT2D eigenvalue weighted by Gasteiger charge is -2.58. The van der Waals surface area contributed by atoms with Crippen LogP contribution in [-0.4, -0.2) is 58.0 Å². The van der Waals surface area contributed by atoms with E-state index in [4.69, 9.17) is 0 Å². The third-order valence-corrected chi connectivity index (χ3v) is 12.8. The van der Waals surface area contributed by atoms with Gasteiger partial charge in [-0.25, -0.2) is 0 Å². The molecule has 5 aliphatic rings. The van der Waals surface area contributed by atoms with Gasteiger partial charge < -0.3 is 14.9 Å². The predicted octanol–water partition coefficient (Wildman–Crippen LogP) is 5.73. The Labute approximate surface area is 236 Å². The lowest BCUT2D eigenvalue weighted by Crippen LogP contribution is -2.51. The quantitative estimate of drug-likeness (QED) is 0.488. The molecule has 1 aromatic rings. The van der Waals surface area contributed by atoms with Gasteiger partial charge in [0.15, 0.2) is 0 Å². The smallest absolute Gasteiger partial charge is 0.222 e. The Hall–Kier alpha value is -1.82. The highest BCUT2D eigenvalue weighted by molar-refractivity contribution is 5.76. The minimum atomic E-state index is -0.122. The van der Waals surface area contributed by atoms with Gasteiger partial charge in [0.05, 0.1) is 23.7 Å². The summed E-state index contributed by atoms with van der Waals surface area (Å²) in [6.45, 7) is 13.1. The number of aliphatic hydroxyl groups is 1. The number of hydrogen-bond donors (Lipinski definition) is 1. The molecule has 1 aliphatic heterocycles. The highest BCUT2D eigenvalue weighted by Gasteiger charge is 2.59. The summed E-state index contributed by atoms with van der Waals surface area (Å²) in [5.41, 5.74) is 4.71. The monoisotopic (exact) mass is 536 g/mol. The van der Waals surface area contributed by atoms with E-state index < -0.39 is 0 Å². The topological polar surface area (TPSA) is 61.6 Å². The molecule has 1 aromatic heterocycles. The average molecular weight is 537 g/mol. The van der Waals surface area contributed by atoms with Gasteiger partial charge in [0.25, 0.3) is 0 Å². The van der Waals surface area contributed by atoms with Gasteiger partial charge in [-0.3, -0.25) is 9.48 Å². The van der Waals surface area contributed by atoms with Gasteiger partial charge in [-0.1, -0.05) is 32.4 Å². The summed E-state index contributed by atoms with van der Waals surface area (Å²) < 4.78 is 1.93. The van der Waals surface area contributed by atoms with E-state index in [-0.39, 0.29) is 6.10 Å². The fourth-order valence-corrected chi connectivity index (χ4v) is 10.3. The van der Waals surface area contributed by atoms with Crippen molar-refractivity contribution in [3.05, 3.63) is 23.5 Å². The van der Waals surface area contributed by atoms with Gasteiger partial charge >= 0.3 is 0 Å². The zero-order chi connectivity index (χ0) is 27.5. The van der Waals surface area contributed by atoms with Crippen LogP contribution in [0.15, 0.2) is 17.8 Å². The fourth-order valence-electron chi connectivity index (χ4n) is 10.3. The van der Waals surface area contributed by atoms with Gasteiger partial charge in [0.2, 0.25) is 5.91 Å². The molecule has 4 fully saturated rings. The summed E-state index contributed by atoms with van der Waals surface area (Å²) in [5.74, 6) is 4.14. The third-order valence-electron chi connectivity index (χ3n) is 12.8. The van der Waals surface area contributed by atoms with E-state index in [2.05, 4.69) is 48.7 Å². The summed E-state index contributed by atoms with van der Waals surface area (Å²) in [6.07, 6.45) is 15.8. The zero-order valence-corrected chi connectivity index (χ0v) is 25.2. The number of anilines is 1. The molecule has 6 heteroatoms. The first-order chi connectivity index (χ1) is 18.6. The highest BCUT2D eigenvalue weighted by Crippen LogP contribution is 2.67. The molecule has 1 amide bonds. The summed E-state index contributed by atoms with van der Waals surface area (Å²) >= 11 is 0. The Morgan fingerprint density at radius 1 is 1.10 bits per heavy atom. The first kappa shape index (κ1) is 27.4. The Kier molecular flexibility index (Phi) is 7.17. The maximum absolute atomic E-state index is 13.2. The van der Waals surface area contributed by atoms with Crippen LogP contribution >= 0.6 is 0 Å². The number of allylic oxidation sites excluding steroid dienone is 1. The number of aromatic nitrogens is 2. The molecule has 8 atom stereocenters. The molecule has 3 saturated carbocycles. The Balaban J connectivity index is 1.04. The second-order valence-electron chi connectivity index (χ2n) is 14.5. The summed E-state index contributed by atoms with van der Waals surface area (Å²) in [6, 6.07) is 0. The second-order valence-corrected chi connectivity index (χ2v) is 14.5. The minimum absolute atomic E-state index is 0.122. The number of rotatable bonds is 5. The molecular weight excluding hydrogens is 484 g/mol. The Bertz CT molecular complexity index is 1100. The normalized spacial score (nSPS) is 39.0. The van der Waals surface area contributed by atoms with Gasteiger partial charge in [-0.2, -0.15) is 5.10 Å². The Morgan fingerprint density at radius 3 is 2.59 bits per heavy atom. The summed E-state index contributed by atoms with van der Waals surface area (Å²) in [7, 11) is 1.99. The molecule has 216 valence electrons. The van der Waals surface area contributed by atoms with Crippen molar-refractivity contribution in [2.24, 2.45) is 47.5 Å². The molecule has 1 unspecified atom stereocenters. The van der Waals surface area contributed by atoms with Crippen LogP contribution in [0, 0.1) is 47.3 Å². The van der Waals surface area contributed by atoms with Crippen LogP contribution in [0.2, 0.25) is 0 Å². The van der Waals surface area contributed by atoms with Crippen LogP contribution in [0.3, 0.4) is 0 Å². The molecule has 2 heterocycles. The molecule has 1 saturated heterocycles. The number of hydrogen-bond acceptors (Lipinski definition) is 4. The van der Waals surface area contributed by atoms with E-state index in [9.17, 15) is 9.90 Å². The number of carbonyl (C=O) groups is 1. The molecule has 0 bridgehead atoms. The minimum Gasteiger partial charge on any atom is -0.393 e. The molecule has 39 heavy (non-hydrogen) atoms. The van der Waals surface area contributed by atoms with Crippen LogP contribution in [0.5, 0.6) is 0 Å². The van der Waals surface area contributed by atoms with Crippen molar-refractivity contribution in [2.45, 2.75) is 98.0 Å². The van der Waals surface area contributed by atoms with E-state index in [0.29, 0.717) is 29.1 Å². The maximum Gasteiger partial charge on any atom is 0.222 e. The van der Waals surface area contributed by atoms with Crippen molar-refractivity contribution in [3.8, 4) is 0 Å². The third kappa shape index (κ3) is 4.57. The van der Waals surface area contributed by atoms with Crippen molar-refractivity contribution >= 4 is 11.6 Å². The van der Waals surface area contributed by atoms with Crippen LogP contribution in [0.4, 0.5) is 5.69 Å². The zero-order valence-electron chi connectivity index (χ0n) is 25.2. The van der Waals surface area contributed by atoms with Crippen LogP contribution in [0.25, 0.3) is 0 Å². The lowest BCUT2D eigenvalue weighted by molar-refractivity contribution is -0.132. The molecule has 6 nitrogen and oxygen atoms in total. The van der Waals surface area contributed by atoms with Gasteiger partial charge in [0.1, 0.15) is 0 Å². The largest absolute Gasteiger partial charge is 0.393 e. The number of aliphatic hydroxyl groups excluding tert-OH is 1.